The Labute approximate surface area is 172 Å². The number of rotatable bonds is 10. The fourth-order valence-corrected chi connectivity index (χ4v) is 4.67. The third-order valence-electron chi connectivity index (χ3n) is 7.37. The number of benzene rings is 1. The molecule has 2 heteroatoms. The number of unbranched alkanes of at least 4 members (excludes halogenated alkanes) is 1. The van der Waals surface area contributed by atoms with E-state index in [-0.39, 0.29) is 10.8 Å². The maximum atomic E-state index is 5.29. The van der Waals surface area contributed by atoms with E-state index < -0.39 is 0 Å². The van der Waals surface area contributed by atoms with Crippen LogP contribution >= 0.6 is 0 Å². The van der Waals surface area contributed by atoms with Crippen molar-refractivity contribution in [3.8, 4) is 0 Å². The predicted molar refractivity (Wildman–Crippen MR) is 121 cm³/mol. The molecule has 1 aromatic heterocycles. The minimum Gasteiger partial charge on any atom is -0.249 e. The second-order valence-corrected chi connectivity index (χ2v) is 9.62. The van der Waals surface area contributed by atoms with Crippen LogP contribution in [0.4, 0.5) is 0 Å². The van der Waals surface area contributed by atoms with Gasteiger partial charge in [-0.15, -0.1) is 0 Å². The van der Waals surface area contributed by atoms with Crippen LogP contribution in [0.1, 0.15) is 122 Å². The van der Waals surface area contributed by atoms with Crippen molar-refractivity contribution in [3.05, 3.63) is 35.2 Å². The molecule has 0 bridgehead atoms. The molecule has 2 aromatic rings. The Morgan fingerprint density at radius 3 is 2.14 bits per heavy atom. The van der Waals surface area contributed by atoms with E-state index in [1.807, 2.05) is 0 Å². The molecule has 3 rings (SSSR count). The van der Waals surface area contributed by atoms with Crippen molar-refractivity contribution < 1.29 is 0 Å². The minimum absolute atomic E-state index is 0.157. The molecular weight excluding hydrogens is 340 g/mol. The molecule has 0 radical (unpaired) electrons. The van der Waals surface area contributed by atoms with Crippen molar-refractivity contribution in [2.24, 2.45) is 0 Å². The highest BCUT2D eigenvalue weighted by atomic mass is 14.9. The number of aromatic nitrogens is 2. The Morgan fingerprint density at radius 2 is 1.57 bits per heavy atom. The van der Waals surface area contributed by atoms with E-state index in [4.69, 9.17) is 9.97 Å². The summed E-state index contributed by atoms with van der Waals surface area (Å²) in [5.74, 6) is 0.636. The van der Waals surface area contributed by atoms with Crippen LogP contribution in [0.2, 0.25) is 0 Å². The van der Waals surface area contributed by atoms with Gasteiger partial charge in [0, 0.05) is 11.3 Å². The van der Waals surface area contributed by atoms with Crippen LogP contribution in [0.25, 0.3) is 11.0 Å². The first-order valence-corrected chi connectivity index (χ1v) is 11.7. The molecule has 1 saturated carbocycles. The van der Waals surface area contributed by atoms with Gasteiger partial charge in [0.25, 0.3) is 0 Å². The van der Waals surface area contributed by atoms with Crippen LogP contribution in [-0.4, -0.2) is 9.97 Å². The fraction of sp³-hybridized carbons (Fsp3) is 0.692. The molecule has 2 nitrogen and oxygen atoms in total. The minimum atomic E-state index is 0.157. The van der Waals surface area contributed by atoms with Crippen LogP contribution < -0.4 is 0 Å². The van der Waals surface area contributed by atoms with Crippen molar-refractivity contribution in [1.29, 1.82) is 0 Å². The summed E-state index contributed by atoms with van der Waals surface area (Å²) in [5.41, 5.74) is 6.60. The molecule has 0 spiro atoms. The van der Waals surface area contributed by atoms with Crippen LogP contribution in [0.15, 0.2) is 18.2 Å². The maximum Gasteiger partial charge on any atom is 0.0893 e. The molecule has 1 aliphatic carbocycles. The van der Waals surface area contributed by atoms with E-state index >= 15 is 0 Å². The molecular formula is C26H40N2. The van der Waals surface area contributed by atoms with E-state index in [0.29, 0.717) is 5.92 Å². The van der Waals surface area contributed by atoms with Gasteiger partial charge in [-0.2, -0.15) is 0 Å². The van der Waals surface area contributed by atoms with Crippen molar-refractivity contribution >= 4 is 11.0 Å². The zero-order chi connectivity index (χ0) is 20.4. The van der Waals surface area contributed by atoms with Crippen LogP contribution in [0, 0.1) is 0 Å². The molecule has 1 atom stereocenters. The topological polar surface area (TPSA) is 25.8 Å². The number of hydrogen-bond donors (Lipinski definition) is 0. The summed E-state index contributed by atoms with van der Waals surface area (Å²) in [6.45, 7) is 14.0. The van der Waals surface area contributed by atoms with Crippen molar-refractivity contribution in [3.63, 3.8) is 0 Å². The summed E-state index contributed by atoms with van der Waals surface area (Å²) in [5, 5.41) is 0. The van der Waals surface area contributed by atoms with E-state index in [1.165, 1.54) is 61.9 Å². The number of nitrogens with zero attached hydrogens (tertiary/aromatic N) is 2. The van der Waals surface area contributed by atoms with Crippen LogP contribution in [0.3, 0.4) is 0 Å². The van der Waals surface area contributed by atoms with Crippen molar-refractivity contribution in [1.82, 2.24) is 9.97 Å². The van der Waals surface area contributed by atoms with Gasteiger partial charge in [0.2, 0.25) is 0 Å². The molecule has 0 amide bonds. The van der Waals surface area contributed by atoms with Gasteiger partial charge < -0.3 is 0 Å². The zero-order valence-electron chi connectivity index (χ0n) is 19.1. The van der Waals surface area contributed by atoms with Gasteiger partial charge in [0.1, 0.15) is 0 Å². The highest BCUT2D eigenvalue weighted by Crippen LogP contribution is 2.46. The van der Waals surface area contributed by atoms with Gasteiger partial charge in [-0.1, -0.05) is 66.9 Å². The standard InChI is InChI=1S/C26H40N2/c1-7-11-17-26(6,16-8-2)24-23(19-12-13-19)27-22-18-20(14-15-21(22)28-24)25(5,9-3)10-4/h14-15,18-19H,7-13,16-17H2,1-6H3. The molecule has 1 heterocycles. The highest BCUT2D eigenvalue weighted by molar-refractivity contribution is 5.76. The van der Waals surface area contributed by atoms with Crippen molar-refractivity contribution in [2.75, 3.05) is 0 Å². The van der Waals surface area contributed by atoms with Crippen molar-refractivity contribution in [2.45, 2.75) is 116 Å². The van der Waals surface area contributed by atoms with E-state index in [2.05, 4.69) is 59.7 Å². The maximum absolute atomic E-state index is 5.29. The molecule has 1 aromatic carbocycles. The third-order valence-corrected chi connectivity index (χ3v) is 7.37. The van der Waals surface area contributed by atoms with Gasteiger partial charge in [-0.3, -0.25) is 0 Å². The Morgan fingerprint density at radius 1 is 0.857 bits per heavy atom. The van der Waals surface area contributed by atoms with Gasteiger partial charge in [-0.05, 0) is 61.6 Å². The average Bonchev–Trinajstić information content (AvgIpc) is 3.55. The van der Waals surface area contributed by atoms with Crippen LogP contribution in [0.5, 0.6) is 0 Å². The lowest BCUT2D eigenvalue weighted by molar-refractivity contribution is 0.369. The first-order valence-electron chi connectivity index (χ1n) is 11.7. The zero-order valence-corrected chi connectivity index (χ0v) is 19.1. The summed E-state index contributed by atoms with van der Waals surface area (Å²) < 4.78 is 0. The second kappa shape index (κ2) is 8.51. The molecule has 0 N–H and O–H groups in total. The molecule has 0 saturated heterocycles. The van der Waals surface area contributed by atoms with Gasteiger partial charge >= 0.3 is 0 Å². The first-order chi connectivity index (χ1) is 13.4. The monoisotopic (exact) mass is 380 g/mol. The summed E-state index contributed by atoms with van der Waals surface area (Å²) in [6, 6.07) is 6.86. The van der Waals surface area contributed by atoms with Gasteiger partial charge in [-0.25, -0.2) is 9.97 Å². The summed E-state index contributed by atoms with van der Waals surface area (Å²) in [7, 11) is 0. The Hall–Kier alpha value is -1.44. The highest BCUT2D eigenvalue weighted by Gasteiger charge is 2.36. The molecule has 1 unspecified atom stereocenters. The van der Waals surface area contributed by atoms with E-state index in [1.54, 1.807) is 0 Å². The lowest BCUT2D eigenvalue weighted by atomic mass is 9.76. The number of fused-ring (bicyclic) bond motifs is 1. The predicted octanol–water partition coefficient (Wildman–Crippen LogP) is 7.83. The Kier molecular flexibility index (Phi) is 6.47. The summed E-state index contributed by atoms with van der Waals surface area (Å²) in [6.07, 6.45) is 11.0. The molecule has 154 valence electrons. The lowest BCUT2D eigenvalue weighted by Gasteiger charge is -2.31. The Bertz CT molecular complexity index is 801. The first kappa shape index (κ1) is 21.3. The summed E-state index contributed by atoms with van der Waals surface area (Å²) >= 11 is 0. The molecule has 0 aliphatic heterocycles. The SMILES string of the molecule is CCCCC(C)(CCC)c1nc2ccc(C(C)(CC)CC)cc2nc1C1CC1. The van der Waals surface area contributed by atoms with E-state index in [0.717, 1.165) is 23.9 Å². The fourth-order valence-electron chi connectivity index (χ4n) is 4.67. The quantitative estimate of drug-likeness (QED) is 0.419. The van der Waals surface area contributed by atoms with Crippen LogP contribution in [-0.2, 0) is 10.8 Å². The summed E-state index contributed by atoms with van der Waals surface area (Å²) in [4.78, 5) is 10.6. The Balaban J connectivity index is 2.12. The third kappa shape index (κ3) is 4.11. The van der Waals surface area contributed by atoms with E-state index in [9.17, 15) is 0 Å². The van der Waals surface area contributed by atoms with Gasteiger partial charge in [0.15, 0.2) is 0 Å². The smallest absolute Gasteiger partial charge is 0.0893 e. The molecule has 28 heavy (non-hydrogen) atoms. The second-order valence-electron chi connectivity index (χ2n) is 9.62. The normalized spacial score (nSPS) is 17.1. The molecule has 1 fully saturated rings. The molecule has 1 aliphatic rings. The lowest BCUT2D eigenvalue weighted by Crippen LogP contribution is -2.26. The average molecular weight is 381 g/mol. The largest absolute Gasteiger partial charge is 0.249 e. The van der Waals surface area contributed by atoms with Gasteiger partial charge in [0.05, 0.1) is 22.4 Å². The number of hydrogen-bond acceptors (Lipinski definition) is 2.